The van der Waals surface area contributed by atoms with Crippen LogP contribution >= 0.6 is 23.4 Å². The minimum absolute atomic E-state index is 0.0696. The molecule has 0 atom stereocenters. The fourth-order valence-electron chi connectivity index (χ4n) is 4.66. The van der Waals surface area contributed by atoms with Gasteiger partial charge >= 0.3 is 0 Å². The molecule has 35 heavy (non-hydrogen) atoms. The number of rotatable bonds is 8. The van der Waals surface area contributed by atoms with Crippen LogP contribution in [0.5, 0.6) is 0 Å². The number of hydrogen-bond acceptors (Lipinski definition) is 3. The van der Waals surface area contributed by atoms with Gasteiger partial charge in [-0.15, -0.1) is 11.8 Å². The summed E-state index contributed by atoms with van der Waals surface area (Å²) in [6.07, 6.45) is 17.8. The number of benzene rings is 2. The van der Waals surface area contributed by atoms with Crippen LogP contribution in [0.2, 0.25) is 0 Å². The first kappa shape index (κ1) is 25.5. The third kappa shape index (κ3) is 7.22. The molecule has 1 fully saturated rings. The molecule has 0 saturated heterocycles. The van der Waals surface area contributed by atoms with E-state index in [9.17, 15) is 4.79 Å². The van der Waals surface area contributed by atoms with Crippen molar-refractivity contribution in [3.63, 3.8) is 0 Å². The minimum Gasteiger partial charge on any atom is -0.352 e. The van der Waals surface area contributed by atoms with E-state index in [0.29, 0.717) is 18.0 Å². The molecule has 3 nitrogen and oxygen atoms in total. The number of carbonyl (C=O) groups excluding carboxylic acids is 1. The van der Waals surface area contributed by atoms with Crippen LogP contribution in [-0.4, -0.2) is 24.4 Å². The van der Waals surface area contributed by atoms with Crippen LogP contribution in [-0.2, 0) is 0 Å². The molecule has 0 aromatic heterocycles. The molecular formula is C30H33ClN2OS. The van der Waals surface area contributed by atoms with Crippen molar-refractivity contribution in [3.05, 3.63) is 94.6 Å². The zero-order valence-electron chi connectivity index (χ0n) is 20.3. The Morgan fingerprint density at radius 2 is 1.86 bits per heavy atom. The number of carbonyl (C=O) groups is 1. The van der Waals surface area contributed by atoms with Gasteiger partial charge in [0.1, 0.15) is 0 Å². The molecule has 2 aromatic rings. The zero-order chi connectivity index (χ0) is 24.5. The Morgan fingerprint density at radius 3 is 2.63 bits per heavy atom. The summed E-state index contributed by atoms with van der Waals surface area (Å²) in [4.78, 5) is 19.3. The van der Waals surface area contributed by atoms with E-state index in [1.165, 1.54) is 37.7 Å². The lowest BCUT2D eigenvalue weighted by Crippen LogP contribution is -2.24. The van der Waals surface area contributed by atoms with Crippen molar-refractivity contribution in [1.29, 1.82) is 0 Å². The number of halogens is 1. The molecule has 182 valence electrons. The summed E-state index contributed by atoms with van der Waals surface area (Å²) in [7, 11) is 0. The Hall–Kier alpha value is -2.56. The average Bonchev–Trinajstić information content (AvgIpc) is 3.12. The maximum atomic E-state index is 13.0. The van der Waals surface area contributed by atoms with E-state index in [2.05, 4.69) is 48.0 Å². The van der Waals surface area contributed by atoms with E-state index in [-0.39, 0.29) is 5.91 Å². The van der Waals surface area contributed by atoms with Crippen molar-refractivity contribution in [2.75, 3.05) is 12.8 Å². The van der Waals surface area contributed by atoms with Crippen molar-refractivity contribution >= 4 is 40.7 Å². The van der Waals surface area contributed by atoms with Gasteiger partial charge in [0.2, 0.25) is 0 Å². The molecule has 0 aliphatic heterocycles. The number of amides is 1. The minimum atomic E-state index is -0.0696. The van der Waals surface area contributed by atoms with Crippen LogP contribution in [0.1, 0.15) is 60.9 Å². The molecule has 1 N–H and O–H groups in total. The molecular weight excluding hydrogens is 472 g/mol. The van der Waals surface area contributed by atoms with Gasteiger partial charge in [0.25, 0.3) is 5.91 Å². The Morgan fingerprint density at radius 1 is 1.06 bits per heavy atom. The van der Waals surface area contributed by atoms with Gasteiger partial charge in [-0.2, -0.15) is 0 Å². The molecule has 1 saturated carbocycles. The lowest BCUT2D eigenvalue weighted by molar-refractivity contribution is 0.0954. The summed E-state index contributed by atoms with van der Waals surface area (Å²) in [5.41, 5.74) is 5.01. The second kappa shape index (κ2) is 12.9. The molecule has 0 spiro atoms. The van der Waals surface area contributed by atoms with Crippen molar-refractivity contribution in [1.82, 2.24) is 5.32 Å². The molecule has 2 aliphatic rings. The van der Waals surface area contributed by atoms with Crippen LogP contribution in [0.3, 0.4) is 0 Å². The van der Waals surface area contributed by atoms with Gasteiger partial charge in [-0.05, 0) is 60.9 Å². The Labute approximate surface area is 218 Å². The topological polar surface area (TPSA) is 41.5 Å². The Kier molecular flexibility index (Phi) is 9.44. The third-order valence-corrected chi connectivity index (χ3v) is 7.63. The lowest BCUT2D eigenvalue weighted by atomic mass is 9.83. The maximum absolute atomic E-state index is 13.0. The van der Waals surface area contributed by atoms with Crippen molar-refractivity contribution in [2.24, 2.45) is 10.9 Å². The molecule has 0 heterocycles. The maximum Gasteiger partial charge on any atom is 0.251 e. The third-order valence-electron chi connectivity index (χ3n) is 6.57. The van der Waals surface area contributed by atoms with Gasteiger partial charge in [0, 0.05) is 34.4 Å². The van der Waals surface area contributed by atoms with E-state index in [1.54, 1.807) is 11.8 Å². The van der Waals surface area contributed by atoms with Gasteiger partial charge in [-0.1, -0.05) is 79.4 Å². The summed E-state index contributed by atoms with van der Waals surface area (Å²) in [6, 6.07) is 16.4. The number of hydrogen-bond donors (Lipinski definition) is 1. The highest BCUT2D eigenvalue weighted by molar-refractivity contribution is 7.98. The van der Waals surface area contributed by atoms with Crippen LogP contribution in [0.15, 0.2) is 93.3 Å². The number of thioether (sulfide) groups is 1. The second-order valence-electron chi connectivity index (χ2n) is 9.05. The standard InChI is InChI=1S/C30H33ClN2OS/c1-35-28-18-16-25(30(34)32-20-19-22-9-8-14-26(31)17-15-22)21-27(28)33-29(23-10-4-2-5-11-23)24-12-6-3-7-13-24/h2,4-5,8-11,15-18,21,24H,3,6-7,12-14,19-20H2,1H3,(H,32,34). The van der Waals surface area contributed by atoms with Crippen LogP contribution in [0.25, 0.3) is 0 Å². The first-order valence-electron chi connectivity index (χ1n) is 12.5. The Bertz CT molecular complexity index is 1140. The summed E-state index contributed by atoms with van der Waals surface area (Å²) in [5.74, 6) is 0.390. The first-order chi connectivity index (χ1) is 17.1. The molecule has 4 rings (SSSR count). The second-order valence-corrected chi connectivity index (χ2v) is 10.4. The highest BCUT2D eigenvalue weighted by Gasteiger charge is 2.21. The summed E-state index contributed by atoms with van der Waals surface area (Å²) >= 11 is 7.77. The van der Waals surface area contributed by atoms with Crippen LogP contribution in [0.4, 0.5) is 5.69 Å². The molecule has 0 unspecified atom stereocenters. The van der Waals surface area contributed by atoms with Gasteiger partial charge < -0.3 is 5.32 Å². The van der Waals surface area contributed by atoms with Gasteiger partial charge in [-0.25, -0.2) is 0 Å². The normalized spacial score (nSPS) is 16.9. The van der Waals surface area contributed by atoms with Crippen molar-refractivity contribution in [2.45, 2.75) is 49.8 Å². The largest absolute Gasteiger partial charge is 0.352 e. The molecule has 2 aromatic carbocycles. The predicted octanol–water partition coefficient (Wildman–Crippen LogP) is 8.24. The lowest BCUT2D eigenvalue weighted by Gasteiger charge is -2.24. The van der Waals surface area contributed by atoms with E-state index in [1.807, 2.05) is 36.4 Å². The van der Waals surface area contributed by atoms with E-state index in [0.717, 1.165) is 39.7 Å². The van der Waals surface area contributed by atoms with E-state index in [4.69, 9.17) is 16.6 Å². The molecule has 0 bridgehead atoms. The fraction of sp³-hybridized carbons (Fsp3) is 0.333. The highest BCUT2D eigenvalue weighted by Crippen LogP contribution is 2.34. The summed E-state index contributed by atoms with van der Waals surface area (Å²) in [5, 5.41) is 3.89. The van der Waals surface area contributed by atoms with Crippen LogP contribution in [0, 0.1) is 5.92 Å². The SMILES string of the molecule is CSc1ccc(C(=O)NCCC2=CC=C(Cl)CC=C2)cc1N=C(c1ccccc1)C1CCCCC1. The number of nitrogens with zero attached hydrogens (tertiary/aromatic N) is 1. The highest BCUT2D eigenvalue weighted by atomic mass is 35.5. The molecule has 2 aliphatic carbocycles. The van der Waals surface area contributed by atoms with Crippen molar-refractivity contribution < 1.29 is 4.79 Å². The molecule has 1 amide bonds. The van der Waals surface area contributed by atoms with Crippen molar-refractivity contribution in [3.8, 4) is 0 Å². The first-order valence-corrected chi connectivity index (χ1v) is 14.1. The van der Waals surface area contributed by atoms with Crippen LogP contribution < -0.4 is 5.32 Å². The Balaban J connectivity index is 1.54. The molecule has 0 radical (unpaired) electrons. The summed E-state index contributed by atoms with van der Waals surface area (Å²) < 4.78 is 0. The fourth-order valence-corrected chi connectivity index (χ4v) is 5.33. The number of allylic oxidation sites excluding steroid dienone is 5. The number of nitrogens with one attached hydrogen (secondary N) is 1. The smallest absolute Gasteiger partial charge is 0.251 e. The number of aliphatic imine (C=N–C) groups is 1. The molecule has 5 heteroatoms. The predicted molar refractivity (Wildman–Crippen MR) is 150 cm³/mol. The quantitative estimate of drug-likeness (QED) is 0.290. The van der Waals surface area contributed by atoms with Gasteiger partial charge in [0.05, 0.1) is 11.4 Å². The average molecular weight is 505 g/mol. The van der Waals surface area contributed by atoms with Gasteiger partial charge in [-0.3, -0.25) is 9.79 Å². The van der Waals surface area contributed by atoms with E-state index >= 15 is 0 Å². The zero-order valence-corrected chi connectivity index (χ0v) is 21.9. The monoisotopic (exact) mass is 504 g/mol. The summed E-state index contributed by atoms with van der Waals surface area (Å²) in [6.45, 7) is 0.570. The van der Waals surface area contributed by atoms with Gasteiger partial charge in [0.15, 0.2) is 0 Å². The van der Waals surface area contributed by atoms with E-state index < -0.39 is 0 Å².